The summed E-state index contributed by atoms with van der Waals surface area (Å²) in [5.74, 6) is 0. The second-order valence-electron chi connectivity index (χ2n) is 0.750. The molecule has 12 nitrogen and oxygen atoms in total. The Kier molecular flexibility index (Phi) is 230. The fourth-order valence-corrected chi connectivity index (χ4v) is 0. The maximum atomic E-state index is 8.33. The van der Waals surface area contributed by atoms with E-state index in [9.17, 15) is 0 Å². The smallest absolute Gasteiger partial charge is 2.00 e. The number of rotatable bonds is 0. The molecule has 0 aromatic heterocycles. The Morgan fingerprint density at radius 3 is 0.421 bits per heavy atom. The number of carboxylic acid groups (broad SMARTS) is 6. The number of carbonyl (C=O) groups excluding carboxylic acids is 3. The van der Waals surface area contributed by atoms with E-state index in [1.54, 1.807) is 0 Å². The van der Waals surface area contributed by atoms with Crippen LogP contribution in [-0.4, -0.2) is 123 Å². The molecule has 0 aliphatic rings. The number of hydrogen-bond donors (Lipinski definition) is 0. The molecule has 0 bridgehead atoms. The van der Waals surface area contributed by atoms with Crippen molar-refractivity contribution in [3.63, 3.8) is 0 Å². The molecule has 0 fully saturated rings. The van der Waals surface area contributed by atoms with Gasteiger partial charge in [0.1, 0.15) is 0 Å². The molecular formula is C3Bi4O12. The summed E-state index contributed by atoms with van der Waals surface area (Å²) >= 11 is 0. The first-order valence-electron chi connectivity index (χ1n) is 1.84. The third-order valence-corrected chi connectivity index (χ3v) is 0. The van der Waals surface area contributed by atoms with Crippen molar-refractivity contribution in [1.82, 2.24) is 0 Å². The van der Waals surface area contributed by atoms with Gasteiger partial charge < -0.3 is 61.5 Å². The topological polar surface area (TPSA) is 275 Å². The summed E-state index contributed by atoms with van der Waals surface area (Å²) in [6, 6.07) is 0. The van der Waals surface area contributed by atoms with Gasteiger partial charge in [-0.3, -0.25) is 0 Å². The van der Waals surface area contributed by atoms with Crippen molar-refractivity contribution in [1.29, 1.82) is 0 Å². The molecule has 0 saturated heterocycles. The zero-order valence-corrected chi connectivity index (χ0v) is 22.1. The first kappa shape index (κ1) is 71.5. The molecule has 0 aromatic rings. The fraction of sp³-hybridized carbons (Fsp3) is 0. The normalized spacial score (nSPS) is 3.79. The minimum absolute atomic E-state index is 0. The van der Waals surface area contributed by atoms with E-state index in [1.807, 2.05) is 0 Å². The average molecular weight is 1060 g/mol. The van der Waals surface area contributed by atoms with Gasteiger partial charge in [0, 0.05) is 0 Å². The van der Waals surface area contributed by atoms with Crippen LogP contribution in [0.2, 0.25) is 0 Å². The summed E-state index contributed by atoms with van der Waals surface area (Å²) in [7, 11) is 0. The van der Waals surface area contributed by atoms with Crippen LogP contribution in [0.4, 0.5) is 14.4 Å². The van der Waals surface area contributed by atoms with Crippen molar-refractivity contribution in [2.24, 2.45) is 0 Å². The maximum Gasteiger partial charge on any atom is 3.00 e. The maximum absolute atomic E-state index is 8.33. The fourth-order valence-electron chi connectivity index (χ4n) is 0. The molecule has 0 amide bonds. The van der Waals surface area contributed by atoms with Gasteiger partial charge in [-0.1, -0.05) is 0 Å². The van der Waals surface area contributed by atoms with Crippen molar-refractivity contribution in [3.8, 4) is 0 Å². The van der Waals surface area contributed by atoms with Gasteiger partial charge in [0.05, 0.1) is 0 Å². The Bertz CT molecular complexity index is 123. The first-order chi connectivity index (χ1) is 5.20. The van der Waals surface area contributed by atoms with E-state index in [4.69, 9.17) is 45.0 Å². The van der Waals surface area contributed by atoms with Gasteiger partial charge in [-0.15, -0.1) is 0 Å². The van der Waals surface area contributed by atoms with E-state index in [1.165, 1.54) is 0 Å². The molecule has 0 aliphatic heterocycles. The standard InChI is InChI=1S/3CH2O3.4Bi.3O/c3*2-1(3)4;;;;;;;/h3*(H2,2,3,4);;;;;;;/q;;;4*+3;3*-2/p-6. The second-order valence-corrected chi connectivity index (χ2v) is 0.750. The molecule has 16 heteroatoms. The van der Waals surface area contributed by atoms with Crippen LogP contribution in [0.5, 0.6) is 0 Å². The Morgan fingerprint density at radius 1 is 0.421 bits per heavy atom. The van der Waals surface area contributed by atoms with Gasteiger partial charge in [0.2, 0.25) is 0 Å². The summed E-state index contributed by atoms with van der Waals surface area (Å²) in [5.41, 5.74) is 0. The molecule has 19 heavy (non-hydrogen) atoms. The van der Waals surface area contributed by atoms with Crippen LogP contribution in [0.1, 0.15) is 0 Å². The van der Waals surface area contributed by atoms with Crippen LogP contribution in [0.15, 0.2) is 0 Å². The average Bonchev–Trinajstić information content (AvgIpc) is 1.54. The van der Waals surface area contributed by atoms with Gasteiger partial charge in [0.15, 0.2) is 0 Å². The Morgan fingerprint density at radius 2 is 0.421 bits per heavy atom. The summed E-state index contributed by atoms with van der Waals surface area (Å²) in [5, 5.41) is 50.0. The Balaban J connectivity index is -0.00000000675. The molecule has 0 N–H and O–H groups in total. The molecule has 0 aliphatic carbocycles. The van der Waals surface area contributed by atoms with Gasteiger partial charge in [-0.2, -0.15) is 0 Å². The van der Waals surface area contributed by atoms with Crippen LogP contribution in [0.3, 0.4) is 0 Å². The van der Waals surface area contributed by atoms with E-state index in [2.05, 4.69) is 0 Å². The number of hydrogen-bond acceptors (Lipinski definition) is 9. The van der Waals surface area contributed by atoms with Crippen LogP contribution in [0, 0.1) is 0 Å². The van der Waals surface area contributed by atoms with E-state index < -0.39 is 18.5 Å². The zero-order valence-electron chi connectivity index (χ0n) is 8.19. The van der Waals surface area contributed by atoms with Crippen molar-refractivity contribution in [3.05, 3.63) is 0 Å². The van der Waals surface area contributed by atoms with Crippen molar-refractivity contribution in [2.75, 3.05) is 0 Å². The molecule has 0 rings (SSSR count). The molecule has 8 radical (unpaired) electrons. The van der Waals surface area contributed by atoms with Crippen molar-refractivity contribution < 1.29 is 61.5 Å². The predicted molar refractivity (Wildman–Crippen MR) is 41.3 cm³/mol. The Labute approximate surface area is 182 Å². The minimum atomic E-state index is -2.33. The summed E-state index contributed by atoms with van der Waals surface area (Å²) in [4.78, 5) is 25.0. The predicted octanol–water partition coefficient (Wildman–Crippen LogP) is -9.22. The van der Waals surface area contributed by atoms with Crippen LogP contribution >= 0.6 is 0 Å². The van der Waals surface area contributed by atoms with Crippen molar-refractivity contribution >= 4 is 123 Å². The van der Waals surface area contributed by atoms with Crippen LogP contribution in [-0.2, 0) is 16.4 Å². The van der Waals surface area contributed by atoms with Crippen molar-refractivity contribution in [2.45, 2.75) is 0 Å². The summed E-state index contributed by atoms with van der Waals surface area (Å²) < 4.78 is 0. The van der Waals surface area contributed by atoms with Gasteiger partial charge in [0.25, 0.3) is 0 Å². The van der Waals surface area contributed by atoms with Gasteiger partial charge >= 0.3 is 105 Å². The largest absolute Gasteiger partial charge is 3.00 e. The molecule has 0 saturated carbocycles. The SMILES string of the molecule is O=C([O-])[O-].O=C([O-])[O-].O=C([O-])[O-].[Bi+3].[Bi+3].[Bi+3].[Bi+3].[O-2].[O-2].[O-2]. The molecule has 0 heterocycles. The summed E-state index contributed by atoms with van der Waals surface area (Å²) in [6.07, 6.45) is -7.00. The van der Waals surface area contributed by atoms with E-state index >= 15 is 0 Å². The van der Waals surface area contributed by atoms with E-state index in [0.29, 0.717) is 0 Å². The molecule has 0 aromatic carbocycles. The van der Waals surface area contributed by atoms with Gasteiger partial charge in [-0.05, 0) is 18.5 Å². The molecule has 104 valence electrons. The van der Waals surface area contributed by atoms with Crippen LogP contribution < -0.4 is 30.6 Å². The van der Waals surface area contributed by atoms with E-state index in [0.717, 1.165) is 0 Å². The minimum Gasteiger partial charge on any atom is -2.00 e. The third-order valence-electron chi connectivity index (χ3n) is 0. The monoisotopic (exact) mass is 1060 g/mol. The third kappa shape index (κ3) is 3820. The molecular weight excluding hydrogens is 1060 g/mol. The Hall–Kier alpha value is 1.22. The molecule has 0 spiro atoms. The summed E-state index contributed by atoms with van der Waals surface area (Å²) in [6.45, 7) is 0. The van der Waals surface area contributed by atoms with E-state index in [-0.39, 0.29) is 121 Å². The molecule has 0 unspecified atom stereocenters. The van der Waals surface area contributed by atoms with Gasteiger partial charge in [-0.25, -0.2) is 0 Å². The second kappa shape index (κ2) is 61.1. The molecule has 0 atom stereocenters. The van der Waals surface area contributed by atoms with Crippen LogP contribution in [0.25, 0.3) is 0 Å². The quantitative estimate of drug-likeness (QED) is 0.208. The number of carbonyl (C=O) groups is 3. The first-order valence-corrected chi connectivity index (χ1v) is 1.84. The zero-order chi connectivity index (χ0) is 10.7.